The van der Waals surface area contributed by atoms with E-state index in [9.17, 15) is 9.59 Å². The lowest BCUT2D eigenvalue weighted by molar-refractivity contribution is -0.115. The van der Waals surface area contributed by atoms with Crippen LogP contribution >= 0.6 is 35.6 Å². The molecule has 1 aromatic carbocycles. The Morgan fingerprint density at radius 3 is 2.88 bits per heavy atom. The van der Waals surface area contributed by atoms with Crippen LogP contribution in [0.4, 0.5) is 0 Å². The number of hydrogen-bond acceptors (Lipinski definition) is 6. The number of amides is 1. The fourth-order valence-corrected chi connectivity index (χ4v) is 3.46. The maximum atomic E-state index is 12.1. The van der Waals surface area contributed by atoms with Crippen LogP contribution in [-0.2, 0) is 9.53 Å². The molecule has 8 heteroatoms. The Kier molecular flexibility index (Phi) is 5.80. The van der Waals surface area contributed by atoms with E-state index >= 15 is 0 Å². The first-order chi connectivity index (χ1) is 12.5. The van der Waals surface area contributed by atoms with Crippen molar-refractivity contribution in [3.63, 3.8) is 0 Å². The van der Waals surface area contributed by atoms with Crippen molar-refractivity contribution in [3.8, 4) is 11.3 Å². The van der Waals surface area contributed by atoms with Crippen molar-refractivity contribution in [2.75, 3.05) is 6.61 Å². The quantitative estimate of drug-likeness (QED) is 0.442. The fraction of sp³-hybridized carbons (Fsp3) is 0.167. The molecule has 1 aromatic heterocycles. The third-order valence-electron chi connectivity index (χ3n) is 3.45. The molecule has 1 amide bonds. The SMILES string of the molecule is CCCOC(=O)c1cc(-c2ccc(/C=C3\SC(=S)NC3=O)o2)ccc1Cl. The number of carbonyl (C=O) groups excluding carboxylic acids is 2. The molecule has 1 fully saturated rings. The first-order valence-electron chi connectivity index (χ1n) is 7.79. The second-order valence-corrected chi connectivity index (χ2v) is 7.51. The number of esters is 1. The van der Waals surface area contributed by atoms with Gasteiger partial charge in [-0.1, -0.05) is 42.5 Å². The topological polar surface area (TPSA) is 68.5 Å². The molecule has 0 spiro atoms. The van der Waals surface area contributed by atoms with Crippen molar-refractivity contribution in [2.24, 2.45) is 0 Å². The highest BCUT2D eigenvalue weighted by molar-refractivity contribution is 8.26. The number of thioether (sulfide) groups is 1. The summed E-state index contributed by atoms with van der Waals surface area (Å²) >= 11 is 12.2. The molecule has 5 nitrogen and oxygen atoms in total. The Morgan fingerprint density at radius 1 is 1.38 bits per heavy atom. The van der Waals surface area contributed by atoms with Gasteiger partial charge in [-0.15, -0.1) is 0 Å². The largest absolute Gasteiger partial charge is 0.462 e. The Labute approximate surface area is 164 Å². The number of rotatable bonds is 5. The highest BCUT2D eigenvalue weighted by atomic mass is 35.5. The van der Waals surface area contributed by atoms with Gasteiger partial charge in [0.25, 0.3) is 5.91 Å². The lowest BCUT2D eigenvalue weighted by Gasteiger charge is -2.06. The molecule has 0 unspecified atom stereocenters. The Bertz CT molecular complexity index is 920. The molecule has 3 rings (SSSR count). The van der Waals surface area contributed by atoms with Crippen LogP contribution in [0.2, 0.25) is 5.02 Å². The lowest BCUT2D eigenvalue weighted by atomic mass is 10.1. The highest BCUT2D eigenvalue weighted by Crippen LogP contribution is 2.30. The summed E-state index contributed by atoms with van der Waals surface area (Å²) in [6.45, 7) is 2.25. The van der Waals surface area contributed by atoms with Gasteiger partial charge in [0.15, 0.2) is 0 Å². The highest BCUT2D eigenvalue weighted by Gasteiger charge is 2.22. The van der Waals surface area contributed by atoms with Crippen LogP contribution in [-0.4, -0.2) is 22.8 Å². The lowest BCUT2D eigenvalue weighted by Crippen LogP contribution is -2.17. The van der Waals surface area contributed by atoms with Gasteiger partial charge >= 0.3 is 5.97 Å². The molecule has 0 saturated carbocycles. The van der Waals surface area contributed by atoms with Crippen molar-refractivity contribution in [1.82, 2.24) is 5.32 Å². The van der Waals surface area contributed by atoms with Crippen LogP contribution in [0, 0.1) is 0 Å². The predicted octanol–water partition coefficient (Wildman–Crippen LogP) is 4.66. The number of hydrogen-bond donors (Lipinski definition) is 1. The summed E-state index contributed by atoms with van der Waals surface area (Å²) in [4.78, 5) is 24.3. The van der Waals surface area contributed by atoms with Crippen molar-refractivity contribution in [2.45, 2.75) is 13.3 Å². The number of furan rings is 1. The molecule has 1 aliphatic heterocycles. The molecule has 134 valence electrons. The van der Waals surface area contributed by atoms with Crippen molar-refractivity contribution >= 4 is 57.9 Å². The Hall–Kier alpha value is -2.09. The number of benzene rings is 1. The summed E-state index contributed by atoms with van der Waals surface area (Å²) in [6, 6.07) is 8.50. The number of halogens is 1. The molecule has 1 aliphatic rings. The zero-order chi connectivity index (χ0) is 18.7. The Balaban J connectivity index is 1.85. The van der Waals surface area contributed by atoms with Crippen LogP contribution in [0.15, 0.2) is 39.7 Å². The fourth-order valence-electron chi connectivity index (χ4n) is 2.24. The standard InChI is InChI=1S/C18H14ClNO4S2/c1-2-7-23-17(22)12-8-10(3-5-13(12)19)14-6-4-11(24-14)9-15-16(21)20-18(25)26-15/h3-6,8-9H,2,7H2,1H3,(H,20,21,25)/b15-9-. The van der Waals surface area contributed by atoms with Gasteiger partial charge in [0.1, 0.15) is 15.8 Å². The van der Waals surface area contributed by atoms with E-state index in [0.29, 0.717) is 37.9 Å². The molecular formula is C18H14ClNO4S2. The normalized spacial score (nSPS) is 15.4. The van der Waals surface area contributed by atoms with Crippen LogP contribution < -0.4 is 5.32 Å². The third-order valence-corrected chi connectivity index (χ3v) is 4.94. The Morgan fingerprint density at radius 2 is 2.19 bits per heavy atom. The van der Waals surface area contributed by atoms with E-state index in [1.807, 2.05) is 6.92 Å². The number of ether oxygens (including phenoxy) is 1. The van der Waals surface area contributed by atoms with E-state index in [4.69, 9.17) is 33.0 Å². The summed E-state index contributed by atoms with van der Waals surface area (Å²) in [7, 11) is 0. The van der Waals surface area contributed by atoms with Gasteiger partial charge in [-0.2, -0.15) is 0 Å². The molecule has 2 aromatic rings. The van der Waals surface area contributed by atoms with Crippen molar-refractivity contribution in [3.05, 3.63) is 51.6 Å². The van der Waals surface area contributed by atoms with Crippen LogP contribution in [0.25, 0.3) is 17.4 Å². The number of carbonyl (C=O) groups is 2. The first-order valence-corrected chi connectivity index (χ1v) is 9.40. The number of thiocarbonyl (C=S) groups is 1. The molecule has 0 atom stereocenters. The van der Waals surface area contributed by atoms with E-state index in [-0.39, 0.29) is 11.5 Å². The van der Waals surface area contributed by atoms with Gasteiger partial charge in [-0.05, 0) is 36.8 Å². The van der Waals surface area contributed by atoms with Crippen LogP contribution in [0.1, 0.15) is 29.5 Å². The van der Waals surface area contributed by atoms with Gasteiger partial charge in [0.05, 0.1) is 22.1 Å². The van der Waals surface area contributed by atoms with Gasteiger partial charge in [-0.3, -0.25) is 4.79 Å². The van der Waals surface area contributed by atoms with Crippen LogP contribution in [0.3, 0.4) is 0 Å². The number of nitrogens with one attached hydrogen (secondary N) is 1. The van der Waals surface area contributed by atoms with Gasteiger partial charge in [0, 0.05) is 11.6 Å². The molecule has 26 heavy (non-hydrogen) atoms. The molecule has 0 aliphatic carbocycles. The monoisotopic (exact) mass is 407 g/mol. The average Bonchev–Trinajstić information content (AvgIpc) is 3.20. The molecule has 1 saturated heterocycles. The van der Waals surface area contributed by atoms with Crippen LogP contribution in [0.5, 0.6) is 0 Å². The van der Waals surface area contributed by atoms with Gasteiger partial charge < -0.3 is 14.5 Å². The minimum Gasteiger partial charge on any atom is -0.462 e. The van der Waals surface area contributed by atoms with E-state index in [1.54, 1.807) is 36.4 Å². The van der Waals surface area contributed by atoms with Gasteiger partial charge in [0.2, 0.25) is 0 Å². The van der Waals surface area contributed by atoms with E-state index in [0.717, 1.165) is 6.42 Å². The molecular weight excluding hydrogens is 394 g/mol. The first kappa shape index (κ1) is 18.7. The molecule has 1 N–H and O–H groups in total. The molecule has 0 radical (unpaired) electrons. The third kappa shape index (κ3) is 4.17. The van der Waals surface area contributed by atoms with Gasteiger partial charge in [-0.25, -0.2) is 4.79 Å². The average molecular weight is 408 g/mol. The van der Waals surface area contributed by atoms with E-state index < -0.39 is 5.97 Å². The maximum Gasteiger partial charge on any atom is 0.339 e. The van der Waals surface area contributed by atoms with Crippen molar-refractivity contribution < 1.29 is 18.7 Å². The zero-order valence-electron chi connectivity index (χ0n) is 13.7. The summed E-state index contributed by atoms with van der Waals surface area (Å²) in [5, 5.41) is 2.86. The summed E-state index contributed by atoms with van der Waals surface area (Å²) in [5.41, 5.74) is 0.964. The summed E-state index contributed by atoms with van der Waals surface area (Å²) < 4.78 is 11.3. The predicted molar refractivity (Wildman–Crippen MR) is 106 cm³/mol. The van der Waals surface area contributed by atoms with E-state index in [1.165, 1.54) is 11.8 Å². The molecule has 2 heterocycles. The molecule has 0 bridgehead atoms. The smallest absolute Gasteiger partial charge is 0.339 e. The summed E-state index contributed by atoms with van der Waals surface area (Å²) in [5.74, 6) is 0.335. The zero-order valence-corrected chi connectivity index (χ0v) is 16.1. The minimum atomic E-state index is -0.472. The van der Waals surface area contributed by atoms with Crippen molar-refractivity contribution in [1.29, 1.82) is 0 Å². The minimum absolute atomic E-state index is 0.245. The van der Waals surface area contributed by atoms with E-state index in [2.05, 4.69) is 5.32 Å². The summed E-state index contributed by atoms with van der Waals surface area (Å²) in [6.07, 6.45) is 2.35. The second kappa shape index (κ2) is 8.07. The second-order valence-electron chi connectivity index (χ2n) is 5.38. The maximum absolute atomic E-state index is 12.1.